The van der Waals surface area contributed by atoms with Gasteiger partial charge in [0.15, 0.2) is 5.16 Å². The lowest BCUT2D eigenvalue weighted by atomic mass is 10.3. The summed E-state index contributed by atoms with van der Waals surface area (Å²) in [4.78, 5) is 20.1. The van der Waals surface area contributed by atoms with Crippen LogP contribution >= 0.6 is 11.8 Å². The summed E-state index contributed by atoms with van der Waals surface area (Å²) in [5.74, 6) is -0.201. The van der Waals surface area contributed by atoms with E-state index in [2.05, 4.69) is 20.0 Å². The molecule has 0 saturated heterocycles. The van der Waals surface area contributed by atoms with Crippen LogP contribution in [-0.2, 0) is 4.79 Å². The van der Waals surface area contributed by atoms with Gasteiger partial charge in [-0.15, -0.1) is 0 Å². The van der Waals surface area contributed by atoms with E-state index in [1.807, 2.05) is 0 Å². The monoisotopic (exact) mass is 325 g/mol. The lowest BCUT2D eigenvalue weighted by Gasteiger charge is -2.11. The van der Waals surface area contributed by atoms with Crippen LogP contribution in [0.15, 0.2) is 47.9 Å². The van der Waals surface area contributed by atoms with Gasteiger partial charge in [-0.05, 0) is 37.3 Å². The Labute approximate surface area is 130 Å². The molecular formula is C14H13F2N3O2S. The molecule has 8 heteroatoms. The van der Waals surface area contributed by atoms with E-state index < -0.39 is 11.9 Å². The van der Waals surface area contributed by atoms with Crippen molar-refractivity contribution in [3.05, 3.63) is 42.7 Å². The third kappa shape index (κ3) is 4.96. The number of hydrogen-bond acceptors (Lipinski definition) is 5. The van der Waals surface area contributed by atoms with E-state index in [9.17, 15) is 13.6 Å². The second-order valence-corrected chi connectivity index (χ2v) is 5.49. The van der Waals surface area contributed by atoms with Crippen LogP contribution in [0.25, 0.3) is 0 Å². The van der Waals surface area contributed by atoms with Gasteiger partial charge < -0.3 is 10.1 Å². The standard InChI is InChI=1S/C14H13F2N3O2S/c1-9(22-14-17-7-2-8-18-14)12(20)19-10-3-5-11(6-4-10)21-13(15)16/h2-9,13H,1H3,(H,19,20). The quantitative estimate of drug-likeness (QED) is 0.653. The second kappa shape index (κ2) is 7.69. The third-order valence-corrected chi connectivity index (χ3v) is 3.53. The highest BCUT2D eigenvalue weighted by molar-refractivity contribution is 8.00. The molecule has 2 aromatic rings. The molecule has 0 bridgehead atoms. The number of carbonyl (C=O) groups is 1. The molecular weight excluding hydrogens is 312 g/mol. The van der Waals surface area contributed by atoms with E-state index in [0.29, 0.717) is 10.8 Å². The molecule has 0 spiro atoms. The number of anilines is 1. The summed E-state index contributed by atoms with van der Waals surface area (Å²) < 4.78 is 28.3. The van der Waals surface area contributed by atoms with Crippen LogP contribution in [0.3, 0.4) is 0 Å². The summed E-state index contributed by atoms with van der Waals surface area (Å²) in [5.41, 5.74) is 0.494. The number of alkyl halides is 2. The first-order valence-electron chi connectivity index (χ1n) is 6.34. The zero-order valence-corrected chi connectivity index (χ0v) is 12.4. The molecule has 1 aromatic carbocycles. The van der Waals surface area contributed by atoms with Crippen molar-refractivity contribution >= 4 is 23.4 Å². The van der Waals surface area contributed by atoms with Crippen LogP contribution in [0, 0.1) is 0 Å². The molecule has 0 aliphatic heterocycles. The first-order valence-corrected chi connectivity index (χ1v) is 7.22. The van der Waals surface area contributed by atoms with E-state index >= 15 is 0 Å². The number of halogens is 2. The summed E-state index contributed by atoms with van der Waals surface area (Å²) in [5, 5.41) is 2.79. The van der Waals surface area contributed by atoms with Crippen molar-refractivity contribution in [2.45, 2.75) is 23.9 Å². The van der Waals surface area contributed by atoms with Crippen LogP contribution in [0.2, 0.25) is 0 Å². The number of nitrogens with one attached hydrogen (secondary N) is 1. The van der Waals surface area contributed by atoms with E-state index in [4.69, 9.17) is 0 Å². The average Bonchev–Trinajstić information content (AvgIpc) is 2.49. The fourth-order valence-electron chi connectivity index (χ4n) is 1.52. The summed E-state index contributed by atoms with van der Waals surface area (Å²) in [6.07, 6.45) is 3.20. The molecule has 2 rings (SSSR count). The van der Waals surface area contributed by atoms with E-state index in [1.165, 1.54) is 36.0 Å². The molecule has 0 saturated carbocycles. The second-order valence-electron chi connectivity index (χ2n) is 4.18. The Kier molecular flexibility index (Phi) is 5.65. The van der Waals surface area contributed by atoms with Crippen LogP contribution in [-0.4, -0.2) is 27.7 Å². The Morgan fingerprint density at radius 1 is 1.23 bits per heavy atom. The van der Waals surface area contributed by atoms with Gasteiger partial charge in [-0.2, -0.15) is 8.78 Å². The number of thioether (sulfide) groups is 1. The summed E-state index contributed by atoms with van der Waals surface area (Å²) in [7, 11) is 0. The Morgan fingerprint density at radius 2 is 1.86 bits per heavy atom. The van der Waals surface area contributed by atoms with Gasteiger partial charge in [-0.3, -0.25) is 4.79 Å². The Hall–Kier alpha value is -2.22. The summed E-state index contributed by atoms with van der Waals surface area (Å²) in [6.45, 7) is -1.15. The predicted octanol–water partition coefficient (Wildman–Crippen LogP) is 3.20. The average molecular weight is 325 g/mol. The summed E-state index contributed by atoms with van der Waals surface area (Å²) in [6, 6.07) is 7.40. The predicted molar refractivity (Wildman–Crippen MR) is 79.1 cm³/mol. The molecule has 1 heterocycles. The van der Waals surface area contributed by atoms with E-state index in [1.54, 1.807) is 25.4 Å². The molecule has 22 heavy (non-hydrogen) atoms. The van der Waals surface area contributed by atoms with E-state index in [0.717, 1.165) is 0 Å². The van der Waals surface area contributed by atoms with Gasteiger partial charge in [0.25, 0.3) is 0 Å². The van der Waals surface area contributed by atoms with Gasteiger partial charge in [0.1, 0.15) is 5.75 Å². The zero-order chi connectivity index (χ0) is 15.9. The Bertz CT molecular complexity index is 611. The Morgan fingerprint density at radius 3 is 2.45 bits per heavy atom. The SMILES string of the molecule is CC(Sc1ncccn1)C(=O)Nc1ccc(OC(F)F)cc1. The van der Waals surface area contributed by atoms with Crippen molar-refractivity contribution in [2.75, 3.05) is 5.32 Å². The van der Waals surface area contributed by atoms with Gasteiger partial charge in [0, 0.05) is 18.1 Å². The molecule has 5 nitrogen and oxygen atoms in total. The molecule has 1 amide bonds. The number of nitrogens with zero attached hydrogens (tertiary/aromatic N) is 2. The topological polar surface area (TPSA) is 64.1 Å². The van der Waals surface area contributed by atoms with Crippen molar-refractivity contribution in [1.29, 1.82) is 0 Å². The molecule has 1 N–H and O–H groups in total. The minimum Gasteiger partial charge on any atom is -0.435 e. The highest BCUT2D eigenvalue weighted by atomic mass is 32.2. The van der Waals surface area contributed by atoms with E-state index in [-0.39, 0.29) is 11.7 Å². The lowest BCUT2D eigenvalue weighted by molar-refractivity contribution is -0.115. The fraction of sp³-hybridized carbons (Fsp3) is 0.214. The van der Waals surface area contributed by atoms with Crippen molar-refractivity contribution < 1.29 is 18.3 Å². The van der Waals surface area contributed by atoms with Crippen molar-refractivity contribution in [2.24, 2.45) is 0 Å². The van der Waals surface area contributed by atoms with Gasteiger partial charge in [0.2, 0.25) is 5.91 Å². The highest BCUT2D eigenvalue weighted by Gasteiger charge is 2.16. The van der Waals surface area contributed by atoms with Gasteiger partial charge in [-0.1, -0.05) is 11.8 Å². The van der Waals surface area contributed by atoms with Crippen molar-refractivity contribution in [3.63, 3.8) is 0 Å². The van der Waals surface area contributed by atoms with Gasteiger partial charge in [-0.25, -0.2) is 9.97 Å². The highest BCUT2D eigenvalue weighted by Crippen LogP contribution is 2.21. The summed E-state index contributed by atoms with van der Waals surface area (Å²) >= 11 is 1.22. The molecule has 1 unspecified atom stereocenters. The molecule has 116 valence electrons. The minimum atomic E-state index is -2.87. The minimum absolute atomic E-state index is 0.0353. The molecule has 1 atom stereocenters. The normalized spacial score (nSPS) is 12.0. The first-order chi connectivity index (χ1) is 10.5. The maximum absolute atomic E-state index is 12.0. The lowest BCUT2D eigenvalue weighted by Crippen LogP contribution is -2.22. The number of ether oxygens (including phenoxy) is 1. The fourth-order valence-corrected chi connectivity index (χ4v) is 2.25. The molecule has 0 fully saturated rings. The third-order valence-electron chi connectivity index (χ3n) is 2.54. The number of carbonyl (C=O) groups excluding carboxylic acids is 1. The maximum Gasteiger partial charge on any atom is 0.387 e. The van der Waals surface area contributed by atoms with Crippen LogP contribution in [0.4, 0.5) is 14.5 Å². The molecule has 0 radical (unpaired) electrons. The number of hydrogen-bond donors (Lipinski definition) is 1. The number of aromatic nitrogens is 2. The largest absolute Gasteiger partial charge is 0.435 e. The molecule has 0 aliphatic rings. The number of amides is 1. The molecule has 0 aliphatic carbocycles. The van der Waals surface area contributed by atoms with Crippen LogP contribution in [0.5, 0.6) is 5.75 Å². The van der Waals surface area contributed by atoms with Crippen molar-refractivity contribution in [1.82, 2.24) is 9.97 Å². The van der Waals surface area contributed by atoms with Gasteiger partial charge in [0.05, 0.1) is 5.25 Å². The zero-order valence-electron chi connectivity index (χ0n) is 11.6. The van der Waals surface area contributed by atoms with Crippen LogP contribution in [0.1, 0.15) is 6.92 Å². The first kappa shape index (κ1) is 16.2. The smallest absolute Gasteiger partial charge is 0.387 e. The maximum atomic E-state index is 12.0. The van der Waals surface area contributed by atoms with Crippen molar-refractivity contribution in [3.8, 4) is 5.75 Å². The Balaban J connectivity index is 1.90. The number of benzene rings is 1. The van der Waals surface area contributed by atoms with Gasteiger partial charge >= 0.3 is 6.61 Å². The molecule has 1 aromatic heterocycles. The number of rotatable bonds is 6. The van der Waals surface area contributed by atoms with Crippen LogP contribution < -0.4 is 10.1 Å².